The molecule has 3 rings (SSSR count). The fraction of sp³-hybridized carbons (Fsp3) is 0.385. The number of halogens is 1. The molecule has 1 amide bonds. The number of allylic oxidation sites excluding steroid dienone is 1. The van der Waals surface area contributed by atoms with Crippen LogP contribution in [0.15, 0.2) is 21.8 Å². The molecule has 2 aliphatic rings. The van der Waals surface area contributed by atoms with Gasteiger partial charge < -0.3 is 10.2 Å². The number of nitrogens with zero attached hydrogens (tertiary/aromatic N) is 4. The molecule has 1 saturated heterocycles. The molecule has 0 radical (unpaired) electrons. The highest BCUT2D eigenvalue weighted by Gasteiger charge is 2.57. The number of aryl methyl sites for hydroxylation is 1. The summed E-state index contributed by atoms with van der Waals surface area (Å²) >= 11 is 7.40. The number of aliphatic hydroxyl groups is 1. The van der Waals surface area contributed by atoms with Gasteiger partial charge in [0.2, 0.25) is 5.91 Å². The molecular weight excluding hydrogens is 344 g/mol. The number of aromatic nitrogens is 3. The highest BCUT2D eigenvalue weighted by molar-refractivity contribution is 8.04. The van der Waals surface area contributed by atoms with Crippen molar-refractivity contribution >= 4 is 41.3 Å². The summed E-state index contributed by atoms with van der Waals surface area (Å²) in [5, 5.41) is 26.4. The molecule has 8 nitrogen and oxygen atoms in total. The van der Waals surface area contributed by atoms with Crippen LogP contribution in [0.25, 0.3) is 6.08 Å². The monoisotopic (exact) mass is 356 g/mol. The molecule has 2 aliphatic heterocycles. The lowest BCUT2D eigenvalue weighted by atomic mass is 9.92. The minimum absolute atomic E-state index is 0.160. The number of aliphatic hydroxyl groups excluding tert-OH is 1. The molecule has 1 aromatic heterocycles. The number of hydrogen-bond donors (Lipinski definition) is 2. The van der Waals surface area contributed by atoms with Gasteiger partial charge >= 0.3 is 5.97 Å². The van der Waals surface area contributed by atoms with Gasteiger partial charge in [-0.2, -0.15) is 0 Å². The molecule has 0 unspecified atom stereocenters. The van der Waals surface area contributed by atoms with Crippen LogP contribution in [-0.4, -0.2) is 53.5 Å². The normalized spacial score (nSPS) is 25.5. The van der Waals surface area contributed by atoms with Gasteiger partial charge in [0, 0.05) is 7.05 Å². The number of carbonyl (C=O) groups is 2. The first-order chi connectivity index (χ1) is 10.8. The topological polar surface area (TPSA) is 109 Å². The third-order valence-corrected chi connectivity index (χ3v) is 5.42. The Kier molecular flexibility index (Phi) is 3.95. The molecule has 0 saturated carbocycles. The molecule has 0 spiro atoms. The summed E-state index contributed by atoms with van der Waals surface area (Å²) in [5.41, 5.74) is 0.315. The maximum Gasteiger partial charge on any atom is 0.353 e. The third kappa shape index (κ3) is 2.54. The zero-order valence-corrected chi connectivity index (χ0v) is 13.7. The van der Waals surface area contributed by atoms with Gasteiger partial charge in [0.15, 0.2) is 0 Å². The van der Waals surface area contributed by atoms with Crippen molar-refractivity contribution in [2.24, 2.45) is 13.0 Å². The van der Waals surface area contributed by atoms with Gasteiger partial charge in [-0.05, 0) is 13.0 Å². The fourth-order valence-corrected chi connectivity index (χ4v) is 4.43. The van der Waals surface area contributed by atoms with Crippen molar-refractivity contribution in [3.05, 3.63) is 27.5 Å². The Morgan fingerprint density at radius 3 is 2.78 bits per heavy atom. The second-order valence-corrected chi connectivity index (χ2v) is 6.81. The van der Waals surface area contributed by atoms with E-state index in [9.17, 15) is 19.8 Å². The van der Waals surface area contributed by atoms with Crippen molar-refractivity contribution in [1.82, 2.24) is 19.9 Å². The zero-order valence-electron chi connectivity index (χ0n) is 12.2. The standard InChI is InChI=1S/C13H13ClN4O4S/c1-5(19)8-11(20)18-9(13(21)22)10(23-12(8)18)7(14)3-6-4-17(2)16-15-6/h3-5,8,12,19H,1-2H3,(H,21,22)/t5-,8+,12-/m1/s1. The van der Waals surface area contributed by atoms with E-state index < -0.39 is 29.3 Å². The Morgan fingerprint density at radius 1 is 1.57 bits per heavy atom. The van der Waals surface area contributed by atoms with Gasteiger partial charge in [0.1, 0.15) is 16.8 Å². The van der Waals surface area contributed by atoms with E-state index >= 15 is 0 Å². The highest BCUT2D eigenvalue weighted by Crippen LogP contribution is 2.53. The minimum Gasteiger partial charge on any atom is -0.477 e. The van der Waals surface area contributed by atoms with Crippen LogP contribution in [0.2, 0.25) is 0 Å². The predicted octanol–water partition coefficient (Wildman–Crippen LogP) is 0.603. The molecule has 0 aromatic carbocycles. The summed E-state index contributed by atoms with van der Waals surface area (Å²) in [5.74, 6) is -2.28. The Morgan fingerprint density at radius 2 is 2.26 bits per heavy atom. The second-order valence-electron chi connectivity index (χ2n) is 5.28. The number of aliphatic carboxylic acids is 1. The van der Waals surface area contributed by atoms with Crippen LogP contribution in [0, 0.1) is 5.92 Å². The van der Waals surface area contributed by atoms with Gasteiger partial charge in [-0.15, -0.1) is 5.10 Å². The summed E-state index contributed by atoms with van der Waals surface area (Å²) in [6.45, 7) is 1.51. The first-order valence-corrected chi connectivity index (χ1v) is 7.96. The Bertz CT molecular complexity index is 757. The summed E-state index contributed by atoms with van der Waals surface area (Å²) in [7, 11) is 1.70. The van der Waals surface area contributed by atoms with Gasteiger partial charge in [0.05, 0.1) is 28.2 Å². The number of hydrogen-bond acceptors (Lipinski definition) is 6. The lowest BCUT2D eigenvalue weighted by Crippen LogP contribution is -2.60. The van der Waals surface area contributed by atoms with E-state index in [-0.39, 0.29) is 15.6 Å². The average Bonchev–Trinajstić information content (AvgIpc) is 2.99. The third-order valence-electron chi connectivity index (χ3n) is 3.61. The molecule has 3 atom stereocenters. The lowest BCUT2D eigenvalue weighted by Gasteiger charge is -2.43. The second kappa shape index (κ2) is 5.66. The zero-order chi connectivity index (χ0) is 16.9. The molecule has 23 heavy (non-hydrogen) atoms. The average molecular weight is 357 g/mol. The minimum atomic E-state index is -1.24. The SMILES string of the molecule is C[C@@H](O)[C@H]1C(=O)N2C(C(=O)O)=C(C(Cl)=Cc3cn(C)nn3)S[C@H]12. The Labute approximate surface area is 140 Å². The summed E-state index contributed by atoms with van der Waals surface area (Å²) in [6, 6.07) is 0. The fourth-order valence-electron chi connectivity index (χ4n) is 2.58. The Balaban J connectivity index is 1.96. The number of β-lactam (4-membered cyclic amide) rings is 1. The maximum atomic E-state index is 12.1. The number of carbonyl (C=O) groups excluding carboxylic acids is 1. The molecular formula is C13H13ClN4O4S. The van der Waals surface area contributed by atoms with E-state index in [1.807, 2.05) is 0 Å². The number of carboxylic acids is 1. The van der Waals surface area contributed by atoms with Gasteiger partial charge in [-0.1, -0.05) is 28.6 Å². The number of rotatable bonds is 4. The van der Waals surface area contributed by atoms with E-state index in [1.54, 1.807) is 13.2 Å². The quantitative estimate of drug-likeness (QED) is 0.760. The van der Waals surface area contributed by atoms with E-state index in [0.29, 0.717) is 5.69 Å². The largest absolute Gasteiger partial charge is 0.477 e. The smallest absolute Gasteiger partial charge is 0.353 e. The number of amides is 1. The lowest BCUT2D eigenvalue weighted by molar-refractivity contribution is -0.156. The van der Waals surface area contributed by atoms with Crippen LogP contribution in [0.5, 0.6) is 0 Å². The van der Waals surface area contributed by atoms with Crippen molar-refractivity contribution in [2.45, 2.75) is 18.4 Å². The number of carboxylic acid groups (broad SMARTS) is 1. The number of fused-ring (bicyclic) bond motifs is 1. The van der Waals surface area contributed by atoms with E-state index in [0.717, 1.165) is 11.8 Å². The van der Waals surface area contributed by atoms with Crippen LogP contribution in [-0.2, 0) is 16.6 Å². The van der Waals surface area contributed by atoms with Crippen molar-refractivity contribution < 1.29 is 19.8 Å². The molecule has 2 N–H and O–H groups in total. The molecule has 1 aromatic rings. The molecule has 1 fully saturated rings. The van der Waals surface area contributed by atoms with Crippen LogP contribution >= 0.6 is 23.4 Å². The predicted molar refractivity (Wildman–Crippen MR) is 82.9 cm³/mol. The van der Waals surface area contributed by atoms with Crippen molar-refractivity contribution in [3.63, 3.8) is 0 Å². The van der Waals surface area contributed by atoms with Gasteiger partial charge in [-0.3, -0.25) is 14.4 Å². The van der Waals surface area contributed by atoms with Crippen molar-refractivity contribution in [1.29, 1.82) is 0 Å². The summed E-state index contributed by atoms with van der Waals surface area (Å²) in [6.07, 6.45) is 2.27. The summed E-state index contributed by atoms with van der Waals surface area (Å²) < 4.78 is 1.49. The number of thioether (sulfide) groups is 1. The first-order valence-electron chi connectivity index (χ1n) is 6.70. The van der Waals surface area contributed by atoms with Crippen LogP contribution < -0.4 is 0 Å². The molecule has 0 bridgehead atoms. The van der Waals surface area contributed by atoms with E-state index in [1.165, 1.54) is 22.6 Å². The van der Waals surface area contributed by atoms with E-state index in [4.69, 9.17) is 11.6 Å². The highest BCUT2D eigenvalue weighted by atomic mass is 35.5. The van der Waals surface area contributed by atoms with Crippen molar-refractivity contribution in [3.8, 4) is 0 Å². The van der Waals surface area contributed by atoms with Crippen LogP contribution in [0.3, 0.4) is 0 Å². The molecule has 0 aliphatic carbocycles. The molecule has 3 heterocycles. The van der Waals surface area contributed by atoms with Crippen LogP contribution in [0.4, 0.5) is 0 Å². The first kappa shape index (κ1) is 16.0. The molecule has 122 valence electrons. The summed E-state index contributed by atoms with van der Waals surface area (Å²) in [4.78, 5) is 25.1. The van der Waals surface area contributed by atoms with E-state index in [2.05, 4.69) is 10.3 Å². The van der Waals surface area contributed by atoms with Crippen LogP contribution in [0.1, 0.15) is 12.6 Å². The van der Waals surface area contributed by atoms with Gasteiger partial charge in [-0.25, -0.2) is 4.79 Å². The van der Waals surface area contributed by atoms with Crippen molar-refractivity contribution in [2.75, 3.05) is 0 Å². The Hall–Kier alpha value is -1.84. The van der Waals surface area contributed by atoms with Gasteiger partial charge in [0.25, 0.3) is 0 Å². The molecule has 10 heteroatoms. The maximum absolute atomic E-state index is 12.1.